The van der Waals surface area contributed by atoms with E-state index in [0.717, 1.165) is 25.7 Å². The lowest BCUT2D eigenvalue weighted by molar-refractivity contribution is 0.0698. The van der Waals surface area contributed by atoms with Crippen molar-refractivity contribution in [1.82, 2.24) is 5.32 Å². The molecule has 5 nitrogen and oxygen atoms in total. The number of carboxylic acids is 1. The van der Waals surface area contributed by atoms with Crippen LogP contribution in [0, 0.1) is 0 Å². The fraction of sp³-hybridized carbons (Fsp3) is 0.467. The van der Waals surface area contributed by atoms with E-state index >= 15 is 0 Å². The van der Waals surface area contributed by atoms with Crippen molar-refractivity contribution in [3.63, 3.8) is 0 Å². The Morgan fingerprint density at radius 3 is 2.67 bits per heavy atom. The van der Waals surface area contributed by atoms with E-state index in [2.05, 4.69) is 33.5 Å². The number of hydrogen-bond donors (Lipinski definition) is 3. The highest BCUT2D eigenvalue weighted by Gasteiger charge is 2.14. The molecule has 21 heavy (non-hydrogen) atoms. The lowest BCUT2D eigenvalue weighted by atomic mass is 10.1. The molecule has 0 saturated carbocycles. The van der Waals surface area contributed by atoms with Crippen molar-refractivity contribution in [2.75, 3.05) is 5.32 Å². The van der Waals surface area contributed by atoms with Gasteiger partial charge in [0.1, 0.15) is 0 Å². The van der Waals surface area contributed by atoms with Crippen LogP contribution in [0.5, 0.6) is 0 Å². The summed E-state index contributed by atoms with van der Waals surface area (Å²) in [5, 5.41) is 14.5. The monoisotopic (exact) mass is 356 g/mol. The van der Waals surface area contributed by atoms with Crippen LogP contribution in [0.4, 0.5) is 10.5 Å². The average molecular weight is 357 g/mol. The molecule has 0 aromatic heterocycles. The van der Waals surface area contributed by atoms with Crippen LogP contribution in [0.2, 0.25) is 0 Å². The molecule has 1 aromatic carbocycles. The molecular formula is C15H21BrN2O3. The molecule has 1 aromatic rings. The molecule has 1 atom stereocenters. The van der Waals surface area contributed by atoms with Crippen molar-refractivity contribution >= 4 is 33.6 Å². The number of aromatic carboxylic acids is 1. The van der Waals surface area contributed by atoms with Crippen molar-refractivity contribution in [3.8, 4) is 0 Å². The van der Waals surface area contributed by atoms with Gasteiger partial charge < -0.3 is 15.7 Å². The molecule has 1 rings (SSSR count). The van der Waals surface area contributed by atoms with Gasteiger partial charge in [-0.2, -0.15) is 0 Å². The normalized spacial score (nSPS) is 11.8. The highest BCUT2D eigenvalue weighted by Crippen LogP contribution is 2.21. The van der Waals surface area contributed by atoms with Crippen molar-refractivity contribution in [1.29, 1.82) is 0 Å². The van der Waals surface area contributed by atoms with Crippen LogP contribution >= 0.6 is 15.9 Å². The van der Waals surface area contributed by atoms with Gasteiger partial charge in [-0.25, -0.2) is 9.59 Å². The Hall–Kier alpha value is -1.56. The molecule has 0 aliphatic carbocycles. The Labute approximate surface area is 133 Å². The molecule has 116 valence electrons. The molecule has 0 fully saturated rings. The van der Waals surface area contributed by atoms with E-state index in [-0.39, 0.29) is 23.3 Å². The molecule has 0 bridgehead atoms. The van der Waals surface area contributed by atoms with E-state index < -0.39 is 5.97 Å². The zero-order chi connectivity index (χ0) is 15.8. The molecule has 3 N–H and O–H groups in total. The zero-order valence-corrected chi connectivity index (χ0v) is 13.9. The van der Waals surface area contributed by atoms with Crippen LogP contribution in [0.3, 0.4) is 0 Å². The minimum absolute atomic E-state index is 0.0528. The van der Waals surface area contributed by atoms with Crippen LogP contribution in [0.15, 0.2) is 22.7 Å². The number of anilines is 1. The summed E-state index contributed by atoms with van der Waals surface area (Å²) < 4.78 is 0.707. The van der Waals surface area contributed by atoms with Crippen LogP contribution < -0.4 is 10.6 Å². The summed E-state index contributed by atoms with van der Waals surface area (Å²) in [6.45, 7) is 4.07. The van der Waals surface area contributed by atoms with Crippen LogP contribution in [0.25, 0.3) is 0 Å². The first-order valence-corrected chi connectivity index (χ1v) is 7.83. The number of amides is 2. The van der Waals surface area contributed by atoms with E-state index in [4.69, 9.17) is 5.11 Å². The zero-order valence-electron chi connectivity index (χ0n) is 12.3. The predicted molar refractivity (Wildman–Crippen MR) is 86.9 cm³/mol. The number of halogens is 1. The van der Waals surface area contributed by atoms with E-state index in [1.165, 1.54) is 6.07 Å². The first-order valence-electron chi connectivity index (χ1n) is 7.04. The molecule has 0 heterocycles. The first kappa shape index (κ1) is 17.5. The first-order chi connectivity index (χ1) is 9.93. The van der Waals surface area contributed by atoms with E-state index in [0.29, 0.717) is 4.47 Å². The smallest absolute Gasteiger partial charge is 0.337 e. The van der Waals surface area contributed by atoms with Crippen LogP contribution in [0.1, 0.15) is 49.9 Å². The number of urea groups is 1. The maximum atomic E-state index is 11.9. The molecule has 0 aliphatic heterocycles. The Kier molecular flexibility index (Phi) is 7.22. The second-order valence-electron chi connectivity index (χ2n) is 4.99. The second kappa shape index (κ2) is 8.67. The van der Waals surface area contributed by atoms with Gasteiger partial charge in [0.2, 0.25) is 0 Å². The summed E-state index contributed by atoms with van der Waals surface area (Å²) in [5.74, 6) is -1.08. The third kappa shape index (κ3) is 6.16. The molecule has 0 radical (unpaired) electrons. The Balaban J connectivity index is 2.62. The maximum Gasteiger partial charge on any atom is 0.337 e. The van der Waals surface area contributed by atoms with Crippen molar-refractivity contribution < 1.29 is 14.7 Å². The molecule has 1 unspecified atom stereocenters. The van der Waals surface area contributed by atoms with E-state index in [1.54, 1.807) is 12.1 Å². The highest BCUT2D eigenvalue weighted by atomic mass is 79.9. The summed E-state index contributed by atoms with van der Waals surface area (Å²) in [6, 6.07) is 4.31. The summed E-state index contributed by atoms with van der Waals surface area (Å²) in [5.41, 5.74) is 0.335. The lowest BCUT2D eigenvalue weighted by Crippen LogP contribution is -2.36. The largest absolute Gasteiger partial charge is 0.478 e. The average Bonchev–Trinajstić information content (AvgIpc) is 2.38. The predicted octanol–water partition coefficient (Wildman–Crippen LogP) is 4.24. The van der Waals surface area contributed by atoms with Crippen molar-refractivity contribution in [2.45, 2.75) is 45.6 Å². The second-order valence-corrected chi connectivity index (χ2v) is 5.91. The quantitative estimate of drug-likeness (QED) is 0.639. The Morgan fingerprint density at radius 2 is 2.05 bits per heavy atom. The molecule has 0 saturated heterocycles. The standard InChI is InChI=1S/C15H21BrN2O3/c1-3-4-5-6-10(2)17-15(21)18-13-9-11(16)7-8-12(13)14(19)20/h7-10H,3-6H2,1-2H3,(H,19,20)(H2,17,18,21). The molecular weight excluding hydrogens is 336 g/mol. The Bertz CT molecular complexity index is 506. The fourth-order valence-corrected chi connectivity index (χ4v) is 2.32. The van der Waals surface area contributed by atoms with Crippen LogP contribution in [-0.4, -0.2) is 23.1 Å². The fourth-order valence-electron chi connectivity index (χ4n) is 1.96. The lowest BCUT2D eigenvalue weighted by Gasteiger charge is -2.15. The van der Waals surface area contributed by atoms with Gasteiger partial charge in [-0.05, 0) is 31.5 Å². The third-order valence-electron chi connectivity index (χ3n) is 3.08. The van der Waals surface area contributed by atoms with Gasteiger partial charge in [-0.15, -0.1) is 0 Å². The number of benzene rings is 1. The third-order valence-corrected chi connectivity index (χ3v) is 3.57. The molecule has 2 amide bonds. The number of nitrogens with one attached hydrogen (secondary N) is 2. The van der Waals surface area contributed by atoms with Gasteiger partial charge >= 0.3 is 12.0 Å². The molecule has 0 spiro atoms. The highest BCUT2D eigenvalue weighted by molar-refractivity contribution is 9.10. The van der Waals surface area contributed by atoms with E-state index in [1.807, 2.05) is 6.92 Å². The van der Waals surface area contributed by atoms with Gasteiger partial charge in [0, 0.05) is 10.5 Å². The summed E-state index contributed by atoms with van der Waals surface area (Å²) >= 11 is 3.26. The summed E-state index contributed by atoms with van der Waals surface area (Å²) in [7, 11) is 0. The maximum absolute atomic E-state index is 11.9. The van der Waals surface area contributed by atoms with Gasteiger partial charge in [0.15, 0.2) is 0 Å². The van der Waals surface area contributed by atoms with Gasteiger partial charge in [0.05, 0.1) is 11.3 Å². The number of hydrogen-bond acceptors (Lipinski definition) is 2. The van der Waals surface area contributed by atoms with Crippen molar-refractivity contribution in [3.05, 3.63) is 28.2 Å². The number of carbonyl (C=O) groups excluding carboxylic acids is 1. The molecule has 6 heteroatoms. The van der Waals surface area contributed by atoms with Crippen molar-refractivity contribution in [2.24, 2.45) is 0 Å². The van der Waals surface area contributed by atoms with E-state index in [9.17, 15) is 9.59 Å². The minimum atomic E-state index is -1.08. The topological polar surface area (TPSA) is 78.4 Å². The van der Waals surface area contributed by atoms with Crippen LogP contribution in [-0.2, 0) is 0 Å². The summed E-state index contributed by atoms with van der Waals surface area (Å²) in [6.07, 6.45) is 4.25. The number of rotatable bonds is 7. The molecule has 0 aliphatic rings. The number of carboxylic acid groups (broad SMARTS) is 1. The Morgan fingerprint density at radius 1 is 1.33 bits per heavy atom. The van der Waals surface area contributed by atoms with Gasteiger partial charge in [0.25, 0.3) is 0 Å². The number of unbranched alkanes of at least 4 members (excludes halogenated alkanes) is 2. The summed E-state index contributed by atoms with van der Waals surface area (Å²) in [4.78, 5) is 23.0. The minimum Gasteiger partial charge on any atom is -0.478 e. The van der Waals surface area contributed by atoms with Gasteiger partial charge in [-0.3, -0.25) is 0 Å². The van der Waals surface area contributed by atoms with Gasteiger partial charge in [-0.1, -0.05) is 42.1 Å². The number of carbonyl (C=O) groups is 2. The SMILES string of the molecule is CCCCCC(C)NC(=O)Nc1cc(Br)ccc1C(=O)O.